The van der Waals surface area contributed by atoms with E-state index in [1.165, 1.54) is 18.4 Å². The number of nitrogens with zero attached hydrogens (tertiary/aromatic N) is 2. The Morgan fingerprint density at radius 2 is 2.33 bits per heavy atom. The monoisotopic (exact) mass is 230 g/mol. The first kappa shape index (κ1) is 11.9. The summed E-state index contributed by atoms with van der Waals surface area (Å²) in [7, 11) is 3.40. The third-order valence-corrected chi connectivity index (χ3v) is 3.16. The largest absolute Gasteiger partial charge is 0.477 e. The number of carbonyl (C=O) groups is 1. The van der Waals surface area contributed by atoms with Gasteiger partial charge < -0.3 is 14.7 Å². The van der Waals surface area contributed by atoms with E-state index in [1.54, 1.807) is 0 Å². The van der Waals surface area contributed by atoms with Gasteiger partial charge >= 0.3 is 5.97 Å². The Balaban J connectivity index is 3.03. The fourth-order valence-corrected chi connectivity index (χ4v) is 1.97. The van der Waals surface area contributed by atoms with Crippen LogP contribution in [0.25, 0.3) is 0 Å². The molecule has 0 bridgehead atoms. The number of methoxy groups -OCH3 is 1. The number of hydrogen-bond acceptors (Lipinski definition) is 5. The predicted octanol–water partition coefficient (Wildman–Crippen LogP) is 1.44. The minimum atomic E-state index is -0.949. The lowest BCUT2D eigenvalue weighted by Gasteiger charge is -2.11. The van der Waals surface area contributed by atoms with Gasteiger partial charge in [-0.15, -0.1) is 0 Å². The van der Waals surface area contributed by atoms with Crippen molar-refractivity contribution in [3.63, 3.8) is 0 Å². The standard InChI is InChI=1S/C9H14N2O3S/c1-4-11(2)9-10-6(5-14-3)7(15-9)8(12)13/h4-5H2,1-3H3,(H,12,13). The number of carboxylic acid groups (broad SMARTS) is 1. The molecule has 6 heteroatoms. The first-order valence-electron chi connectivity index (χ1n) is 4.53. The highest BCUT2D eigenvalue weighted by Crippen LogP contribution is 2.26. The van der Waals surface area contributed by atoms with E-state index >= 15 is 0 Å². The van der Waals surface area contributed by atoms with E-state index in [9.17, 15) is 4.79 Å². The molecule has 0 aliphatic heterocycles. The second-order valence-corrected chi connectivity index (χ2v) is 4.00. The molecule has 0 saturated carbocycles. The van der Waals surface area contributed by atoms with Gasteiger partial charge in [0.15, 0.2) is 5.13 Å². The Labute approximate surface area is 92.3 Å². The van der Waals surface area contributed by atoms with E-state index in [-0.39, 0.29) is 11.5 Å². The third-order valence-electron chi connectivity index (χ3n) is 1.96. The quantitative estimate of drug-likeness (QED) is 0.829. The van der Waals surface area contributed by atoms with Crippen LogP contribution < -0.4 is 4.90 Å². The second-order valence-electron chi connectivity index (χ2n) is 3.02. The van der Waals surface area contributed by atoms with Crippen LogP contribution in [0.2, 0.25) is 0 Å². The Kier molecular flexibility index (Phi) is 4.05. The zero-order chi connectivity index (χ0) is 11.4. The normalized spacial score (nSPS) is 10.3. The summed E-state index contributed by atoms with van der Waals surface area (Å²) in [5.41, 5.74) is 0.491. The van der Waals surface area contributed by atoms with E-state index < -0.39 is 5.97 Å². The second kappa shape index (κ2) is 5.09. The van der Waals surface area contributed by atoms with Gasteiger partial charge in [0.1, 0.15) is 4.88 Å². The van der Waals surface area contributed by atoms with Gasteiger partial charge in [-0.1, -0.05) is 11.3 Å². The number of carboxylic acids is 1. The van der Waals surface area contributed by atoms with Crippen LogP contribution in [0.4, 0.5) is 5.13 Å². The first-order chi connectivity index (χ1) is 7.10. The Bertz CT molecular complexity index is 351. The van der Waals surface area contributed by atoms with Crippen molar-refractivity contribution in [3.8, 4) is 0 Å². The topological polar surface area (TPSA) is 62.7 Å². The number of aromatic carboxylic acids is 1. The summed E-state index contributed by atoms with van der Waals surface area (Å²) >= 11 is 1.18. The van der Waals surface area contributed by atoms with Crippen LogP contribution in [0.1, 0.15) is 22.3 Å². The third kappa shape index (κ3) is 2.66. The van der Waals surface area contributed by atoms with Crippen molar-refractivity contribution in [3.05, 3.63) is 10.6 Å². The van der Waals surface area contributed by atoms with Gasteiger partial charge in [-0.25, -0.2) is 9.78 Å². The summed E-state index contributed by atoms with van der Waals surface area (Å²) in [6.45, 7) is 3.01. The van der Waals surface area contributed by atoms with Gasteiger partial charge in [-0.2, -0.15) is 0 Å². The van der Waals surface area contributed by atoms with Crippen molar-refractivity contribution in [2.24, 2.45) is 0 Å². The van der Waals surface area contributed by atoms with Gasteiger partial charge in [-0.05, 0) is 6.92 Å². The number of aromatic nitrogens is 1. The molecule has 0 atom stereocenters. The lowest BCUT2D eigenvalue weighted by molar-refractivity contribution is 0.0697. The molecule has 84 valence electrons. The van der Waals surface area contributed by atoms with Crippen LogP contribution in [0.15, 0.2) is 0 Å². The van der Waals surface area contributed by atoms with Gasteiger partial charge in [0.2, 0.25) is 0 Å². The minimum Gasteiger partial charge on any atom is -0.477 e. The van der Waals surface area contributed by atoms with Crippen LogP contribution in [0.3, 0.4) is 0 Å². The van der Waals surface area contributed by atoms with Crippen molar-refractivity contribution >= 4 is 22.4 Å². The molecule has 0 radical (unpaired) electrons. The molecule has 1 N–H and O–H groups in total. The summed E-state index contributed by atoms with van der Waals surface area (Å²) in [5.74, 6) is -0.949. The fraction of sp³-hybridized carbons (Fsp3) is 0.556. The van der Waals surface area contributed by atoms with Gasteiger partial charge in [-0.3, -0.25) is 0 Å². The molecule has 1 aromatic rings. The number of rotatable bonds is 5. The molecule has 0 aliphatic carbocycles. The smallest absolute Gasteiger partial charge is 0.347 e. The lowest BCUT2D eigenvalue weighted by Crippen LogP contribution is -2.15. The zero-order valence-electron chi connectivity index (χ0n) is 8.98. The van der Waals surface area contributed by atoms with Crippen molar-refractivity contribution in [2.75, 3.05) is 25.6 Å². The maximum atomic E-state index is 10.9. The molecular weight excluding hydrogens is 216 g/mol. The van der Waals surface area contributed by atoms with Crippen molar-refractivity contribution in [2.45, 2.75) is 13.5 Å². The molecule has 1 rings (SSSR count). The number of anilines is 1. The van der Waals surface area contributed by atoms with E-state index in [4.69, 9.17) is 9.84 Å². The van der Waals surface area contributed by atoms with Crippen LogP contribution in [0.5, 0.6) is 0 Å². The highest BCUT2D eigenvalue weighted by Gasteiger charge is 2.18. The van der Waals surface area contributed by atoms with Crippen molar-refractivity contribution in [1.29, 1.82) is 0 Å². The average molecular weight is 230 g/mol. The molecule has 0 amide bonds. The molecule has 0 aliphatic rings. The highest BCUT2D eigenvalue weighted by atomic mass is 32.1. The van der Waals surface area contributed by atoms with Crippen LogP contribution in [-0.2, 0) is 11.3 Å². The molecule has 1 aromatic heterocycles. The Morgan fingerprint density at radius 3 is 2.80 bits per heavy atom. The molecule has 0 fully saturated rings. The van der Waals surface area contributed by atoms with Gasteiger partial charge in [0.05, 0.1) is 12.3 Å². The minimum absolute atomic E-state index is 0.232. The number of thiazole rings is 1. The molecule has 1 heterocycles. The Morgan fingerprint density at radius 1 is 1.67 bits per heavy atom. The van der Waals surface area contributed by atoms with Crippen molar-refractivity contribution in [1.82, 2.24) is 4.98 Å². The molecular formula is C9H14N2O3S. The summed E-state index contributed by atoms with van der Waals surface area (Å²) in [4.78, 5) is 17.3. The molecule has 0 spiro atoms. The SMILES string of the molecule is CCN(C)c1nc(COC)c(C(=O)O)s1. The summed E-state index contributed by atoms with van der Waals surface area (Å²) in [5, 5.41) is 9.67. The van der Waals surface area contributed by atoms with Crippen LogP contribution in [0, 0.1) is 0 Å². The maximum absolute atomic E-state index is 10.9. The van der Waals surface area contributed by atoms with E-state index in [0.717, 1.165) is 6.54 Å². The fourth-order valence-electron chi connectivity index (χ4n) is 1.04. The molecule has 15 heavy (non-hydrogen) atoms. The van der Waals surface area contributed by atoms with Crippen LogP contribution in [-0.4, -0.2) is 36.8 Å². The van der Waals surface area contributed by atoms with Crippen molar-refractivity contribution < 1.29 is 14.6 Å². The highest BCUT2D eigenvalue weighted by molar-refractivity contribution is 7.17. The molecule has 5 nitrogen and oxygen atoms in total. The first-order valence-corrected chi connectivity index (χ1v) is 5.34. The Hall–Kier alpha value is -1.14. The van der Waals surface area contributed by atoms with E-state index in [1.807, 2.05) is 18.9 Å². The lowest BCUT2D eigenvalue weighted by atomic mass is 10.4. The zero-order valence-corrected chi connectivity index (χ0v) is 9.80. The van der Waals surface area contributed by atoms with Gasteiger partial charge in [0.25, 0.3) is 0 Å². The average Bonchev–Trinajstić information content (AvgIpc) is 2.61. The summed E-state index contributed by atoms with van der Waals surface area (Å²) in [6.07, 6.45) is 0. The van der Waals surface area contributed by atoms with Gasteiger partial charge in [0, 0.05) is 20.7 Å². The van der Waals surface area contributed by atoms with E-state index in [2.05, 4.69) is 4.98 Å². The summed E-state index contributed by atoms with van der Waals surface area (Å²) < 4.78 is 4.91. The number of ether oxygens (including phenoxy) is 1. The number of hydrogen-bond donors (Lipinski definition) is 1. The molecule has 0 unspecified atom stereocenters. The molecule has 0 saturated heterocycles. The summed E-state index contributed by atoms with van der Waals surface area (Å²) in [6, 6.07) is 0. The predicted molar refractivity (Wildman–Crippen MR) is 58.7 cm³/mol. The van der Waals surface area contributed by atoms with Crippen LogP contribution >= 0.6 is 11.3 Å². The van der Waals surface area contributed by atoms with E-state index in [0.29, 0.717) is 10.8 Å². The molecule has 0 aromatic carbocycles. The maximum Gasteiger partial charge on any atom is 0.347 e.